The topological polar surface area (TPSA) is 45.2 Å². The third kappa shape index (κ3) is 3.63. The van der Waals surface area contributed by atoms with Crippen molar-refractivity contribution in [1.82, 2.24) is 15.2 Å². The molecule has 82 valence electrons. The van der Waals surface area contributed by atoms with E-state index >= 15 is 0 Å². The number of hydrogen-bond acceptors (Lipinski definition) is 3. The molecule has 0 unspecified atom stereocenters. The van der Waals surface area contributed by atoms with Crippen molar-refractivity contribution in [2.24, 2.45) is 0 Å². The van der Waals surface area contributed by atoms with E-state index < -0.39 is 11.7 Å². The number of nitrogens with one attached hydrogen (secondary N) is 1. The molecule has 0 aliphatic rings. The second kappa shape index (κ2) is 5.41. The predicted octanol–water partition coefficient (Wildman–Crippen LogP) is 0.512. The Hall–Kier alpha value is -1.49. The lowest BCUT2D eigenvalue weighted by molar-refractivity contribution is 0.0947. The first-order valence-electron chi connectivity index (χ1n) is 4.63. The Morgan fingerprint density at radius 3 is 2.93 bits per heavy atom. The van der Waals surface area contributed by atoms with Gasteiger partial charge in [-0.1, -0.05) is 0 Å². The van der Waals surface area contributed by atoms with Crippen molar-refractivity contribution in [2.75, 3.05) is 27.2 Å². The fraction of sp³-hybridized carbons (Fsp3) is 0.400. The normalized spacial score (nSPS) is 10.4. The van der Waals surface area contributed by atoms with Crippen LogP contribution in [-0.2, 0) is 0 Å². The maximum atomic E-state index is 13.1. The molecule has 0 aliphatic heterocycles. The molecule has 0 radical (unpaired) electrons. The highest BCUT2D eigenvalue weighted by atomic mass is 19.1. The Morgan fingerprint density at radius 2 is 2.33 bits per heavy atom. The van der Waals surface area contributed by atoms with E-state index in [1.807, 2.05) is 19.0 Å². The molecule has 0 bridgehead atoms. The van der Waals surface area contributed by atoms with Crippen molar-refractivity contribution in [3.63, 3.8) is 0 Å². The number of carbonyl (C=O) groups excluding carboxylic acids is 1. The summed E-state index contributed by atoms with van der Waals surface area (Å²) in [6.45, 7) is 1.21. The SMILES string of the molecule is CN(C)CCNC(=O)c1ccncc1F. The fourth-order valence-corrected chi connectivity index (χ4v) is 1.05. The number of aromatic nitrogens is 1. The quantitative estimate of drug-likeness (QED) is 0.789. The minimum Gasteiger partial charge on any atom is -0.351 e. The zero-order valence-electron chi connectivity index (χ0n) is 8.83. The average molecular weight is 211 g/mol. The van der Waals surface area contributed by atoms with Gasteiger partial charge in [-0.2, -0.15) is 0 Å². The molecule has 0 saturated heterocycles. The summed E-state index contributed by atoms with van der Waals surface area (Å²) in [7, 11) is 3.80. The molecular weight excluding hydrogens is 197 g/mol. The van der Waals surface area contributed by atoms with Crippen LogP contribution in [-0.4, -0.2) is 43.0 Å². The second-order valence-corrected chi connectivity index (χ2v) is 3.41. The predicted molar refractivity (Wildman–Crippen MR) is 55.1 cm³/mol. The molecular formula is C10H14FN3O. The minimum atomic E-state index is -0.597. The summed E-state index contributed by atoms with van der Waals surface area (Å²) in [6.07, 6.45) is 2.42. The minimum absolute atomic E-state index is 0.0313. The van der Waals surface area contributed by atoms with Crippen molar-refractivity contribution in [2.45, 2.75) is 0 Å². The number of halogens is 1. The van der Waals surface area contributed by atoms with E-state index in [-0.39, 0.29) is 5.56 Å². The highest BCUT2D eigenvalue weighted by molar-refractivity contribution is 5.94. The first kappa shape index (κ1) is 11.6. The molecule has 0 saturated carbocycles. The van der Waals surface area contributed by atoms with Gasteiger partial charge in [-0.05, 0) is 20.2 Å². The van der Waals surface area contributed by atoms with E-state index in [1.165, 1.54) is 12.3 Å². The summed E-state index contributed by atoms with van der Waals surface area (Å²) in [5.74, 6) is -1.00. The lowest BCUT2D eigenvalue weighted by Gasteiger charge is -2.10. The van der Waals surface area contributed by atoms with Crippen LogP contribution in [0.5, 0.6) is 0 Å². The van der Waals surface area contributed by atoms with Gasteiger partial charge < -0.3 is 10.2 Å². The van der Waals surface area contributed by atoms with Gasteiger partial charge in [0.15, 0.2) is 5.82 Å². The Labute approximate surface area is 88.1 Å². The summed E-state index contributed by atoms with van der Waals surface area (Å²) >= 11 is 0. The molecule has 1 aromatic rings. The van der Waals surface area contributed by atoms with Crippen molar-refractivity contribution < 1.29 is 9.18 Å². The molecule has 15 heavy (non-hydrogen) atoms. The number of hydrogen-bond donors (Lipinski definition) is 1. The standard InChI is InChI=1S/C10H14FN3O/c1-14(2)6-5-13-10(15)8-3-4-12-7-9(8)11/h3-4,7H,5-6H2,1-2H3,(H,13,15). The number of pyridine rings is 1. The van der Waals surface area contributed by atoms with Crippen LogP contribution in [0.2, 0.25) is 0 Å². The number of rotatable bonds is 4. The molecule has 0 spiro atoms. The number of amides is 1. The Kier molecular flexibility index (Phi) is 4.17. The molecule has 0 aliphatic carbocycles. The maximum absolute atomic E-state index is 13.1. The van der Waals surface area contributed by atoms with Gasteiger partial charge in [-0.15, -0.1) is 0 Å². The zero-order valence-corrected chi connectivity index (χ0v) is 8.83. The van der Waals surface area contributed by atoms with Gasteiger partial charge in [0.1, 0.15) is 0 Å². The van der Waals surface area contributed by atoms with E-state index in [0.717, 1.165) is 12.7 Å². The summed E-state index contributed by atoms with van der Waals surface area (Å²) in [5, 5.41) is 2.62. The fourth-order valence-electron chi connectivity index (χ4n) is 1.05. The van der Waals surface area contributed by atoms with E-state index in [1.54, 1.807) is 0 Å². The van der Waals surface area contributed by atoms with E-state index in [4.69, 9.17) is 0 Å². The molecule has 0 fully saturated rings. The largest absolute Gasteiger partial charge is 0.351 e. The molecule has 0 aromatic carbocycles. The number of nitrogens with zero attached hydrogens (tertiary/aromatic N) is 2. The van der Waals surface area contributed by atoms with Gasteiger partial charge in [0.05, 0.1) is 11.8 Å². The average Bonchev–Trinajstić information content (AvgIpc) is 2.17. The van der Waals surface area contributed by atoms with Gasteiger partial charge in [0.2, 0.25) is 0 Å². The number of likely N-dealkylation sites (N-methyl/N-ethyl adjacent to an activating group) is 1. The number of carbonyl (C=O) groups is 1. The van der Waals surface area contributed by atoms with Gasteiger partial charge in [0.25, 0.3) is 5.91 Å². The summed E-state index contributed by atoms with van der Waals surface area (Å²) in [6, 6.07) is 1.36. The first-order chi connectivity index (χ1) is 7.11. The van der Waals surface area contributed by atoms with Crippen molar-refractivity contribution in [3.05, 3.63) is 29.8 Å². The van der Waals surface area contributed by atoms with Crippen LogP contribution in [0, 0.1) is 5.82 Å². The van der Waals surface area contributed by atoms with Gasteiger partial charge in [-0.3, -0.25) is 9.78 Å². The van der Waals surface area contributed by atoms with E-state index in [9.17, 15) is 9.18 Å². The summed E-state index contributed by atoms with van der Waals surface area (Å²) in [4.78, 5) is 17.0. The van der Waals surface area contributed by atoms with Crippen molar-refractivity contribution in [1.29, 1.82) is 0 Å². The Balaban J connectivity index is 2.51. The van der Waals surface area contributed by atoms with E-state index in [2.05, 4.69) is 10.3 Å². The smallest absolute Gasteiger partial charge is 0.254 e. The Morgan fingerprint density at radius 1 is 1.60 bits per heavy atom. The van der Waals surface area contributed by atoms with Crippen molar-refractivity contribution in [3.8, 4) is 0 Å². The van der Waals surface area contributed by atoms with E-state index in [0.29, 0.717) is 6.54 Å². The first-order valence-corrected chi connectivity index (χ1v) is 4.63. The Bertz CT molecular complexity index is 341. The molecule has 5 heteroatoms. The maximum Gasteiger partial charge on any atom is 0.254 e. The molecule has 1 heterocycles. The zero-order chi connectivity index (χ0) is 11.3. The van der Waals surface area contributed by atoms with Crippen LogP contribution in [0.15, 0.2) is 18.5 Å². The van der Waals surface area contributed by atoms with Crippen LogP contribution >= 0.6 is 0 Å². The molecule has 1 amide bonds. The third-order valence-electron chi connectivity index (χ3n) is 1.86. The van der Waals surface area contributed by atoms with Crippen LogP contribution in [0.25, 0.3) is 0 Å². The molecule has 1 aromatic heterocycles. The van der Waals surface area contributed by atoms with Gasteiger partial charge in [-0.25, -0.2) is 4.39 Å². The summed E-state index contributed by atoms with van der Waals surface area (Å²) in [5.41, 5.74) is 0.0313. The van der Waals surface area contributed by atoms with Crippen LogP contribution in [0.1, 0.15) is 10.4 Å². The second-order valence-electron chi connectivity index (χ2n) is 3.41. The third-order valence-corrected chi connectivity index (χ3v) is 1.86. The van der Waals surface area contributed by atoms with Crippen LogP contribution < -0.4 is 5.32 Å². The van der Waals surface area contributed by atoms with Crippen LogP contribution in [0.3, 0.4) is 0 Å². The van der Waals surface area contributed by atoms with Gasteiger partial charge >= 0.3 is 0 Å². The van der Waals surface area contributed by atoms with Gasteiger partial charge in [0, 0.05) is 19.3 Å². The highest BCUT2D eigenvalue weighted by Crippen LogP contribution is 2.03. The summed E-state index contributed by atoms with van der Waals surface area (Å²) < 4.78 is 13.1. The van der Waals surface area contributed by atoms with Crippen LogP contribution in [0.4, 0.5) is 4.39 Å². The molecule has 1 N–H and O–H groups in total. The molecule has 1 rings (SSSR count). The monoisotopic (exact) mass is 211 g/mol. The highest BCUT2D eigenvalue weighted by Gasteiger charge is 2.09. The lowest BCUT2D eigenvalue weighted by Crippen LogP contribution is -2.31. The lowest BCUT2D eigenvalue weighted by atomic mass is 10.2. The molecule has 0 atom stereocenters. The molecule has 4 nitrogen and oxygen atoms in total. The van der Waals surface area contributed by atoms with Crippen molar-refractivity contribution >= 4 is 5.91 Å².